The molecule has 2 rings (SSSR count). The molecule has 1 atom stereocenters. The van der Waals surface area contributed by atoms with Gasteiger partial charge in [-0.3, -0.25) is 9.10 Å². The molecule has 0 aliphatic heterocycles. The van der Waals surface area contributed by atoms with Crippen molar-refractivity contribution in [1.29, 1.82) is 0 Å². The Morgan fingerprint density at radius 1 is 1.16 bits per heavy atom. The summed E-state index contributed by atoms with van der Waals surface area (Å²) in [5, 5.41) is 2.61. The van der Waals surface area contributed by atoms with Gasteiger partial charge in [0.1, 0.15) is 17.6 Å². The fourth-order valence-electron chi connectivity index (χ4n) is 2.33. The molecule has 6 nitrogen and oxygen atoms in total. The summed E-state index contributed by atoms with van der Waals surface area (Å²) >= 11 is 0. The van der Waals surface area contributed by atoms with Crippen LogP contribution in [0.2, 0.25) is 0 Å². The summed E-state index contributed by atoms with van der Waals surface area (Å²) in [6.45, 7) is 1.40. The first-order valence-electron chi connectivity index (χ1n) is 7.43. The first-order chi connectivity index (χ1) is 11.7. The number of para-hydroxylation sites is 1. The highest BCUT2D eigenvalue weighted by Crippen LogP contribution is 2.25. The number of ether oxygens (including phenoxy) is 1. The molecule has 0 heterocycles. The smallest absolute Gasteiger partial charge is 0.247 e. The topological polar surface area (TPSA) is 75.7 Å². The Labute approximate surface area is 146 Å². The van der Waals surface area contributed by atoms with Gasteiger partial charge < -0.3 is 10.1 Å². The quantitative estimate of drug-likeness (QED) is 0.853. The number of sulfonamides is 1. The van der Waals surface area contributed by atoms with Crippen LogP contribution in [-0.4, -0.2) is 33.7 Å². The fraction of sp³-hybridized carbons (Fsp3) is 0.235. The minimum Gasteiger partial charge on any atom is -0.497 e. The highest BCUT2D eigenvalue weighted by atomic mass is 32.2. The van der Waals surface area contributed by atoms with Crippen LogP contribution in [0.25, 0.3) is 0 Å². The molecule has 0 fully saturated rings. The van der Waals surface area contributed by atoms with E-state index in [4.69, 9.17) is 4.74 Å². The largest absolute Gasteiger partial charge is 0.497 e. The third-order valence-corrected chi connectivity index (χ3v) is 4.76. The molecule has 0 saturated carbocycles. The summed E-state index contributed by atoms with van der Waals surface area (Å²) < 4.78 is 44.1. The van der Waals surface area contributed by atoms with Crippen molar-refractivity contribution in [2.24, 2.45) is 0 Å². The van der Waals surface area contributed by atoms with Gasteiger partial charge in [0.2, 0.25) is 15.9 Å². The lowest BCUT2D eigenvalue weighted by Gasteiger charge is -2.28. The van der Waals surface area contributed by atoms with Crippen LogP contribution in [0.5, 0.6) is 5.75 Å². The normalized spacial score (nSPS) is 12.3. The molecule has 0 aliphatic carbocycles. The molecule has 25 heavy (non-hydrogen) atoms. The molecule has 134 valence electrons. The number of carbonyl (C=O) groups is 1. The highest BCUT2D eigenvalue weighted by Gasteiger charge is 2.30. The van der Waals surface area contributed by atoms with Crippen LogP contribution in [0.3, 0.4) is 0 Å². The Morgan fingerprint density at radius 3 is 2.28 bits per heavy atom. The summed E-state index contributed by atoms with van der Waals surface area (Å²) in [7, 11) is -2.35. The number of nitrogens with one attached hydrogen (secondary N) is 1. The first kappa shape index (κ1) is 18.7. The molecule has 8 heteroatoms. The lowest BCUT2D eigenvalue weighted by Crippen LogP contribution is -2.45. The molecule has 2 aromatic rings. The van der Waals surface area contributed by atoms with Gasteiger partial charge in [0.15, 0.2) is 0 Å². The van der Waals surface area contributed by atoms with Crippen LogP contribution < -0.4 is 14.4 Å². The maximum atomic E-state index is 14.1. The van der Waals surface area contributed by atoms with E-state index in [1.807, 2.05) is 0 Å². The number of amides is 1. The van der Waals surface area contributed by atoms with E-state index in [2.05, 4.69) is 5.32 Å². The molecule has 0 unspecified atom stereocenters. The summed E-state index contributed by atoms with van der Waals surface area (Å²) in [6, 6.07) is 10.8. The molecule has 0 aromatic heterocycles. The van der Waals surface area contributed by atoms with E-state index in [1.165, 1.54) is 32.2 Å². The predicted octanol–water partition coefficient (Wildman–Crippen LogP) is 2.63. The van der Waals surface area contributed by atoms with Gasteiger partial charge in [-0.25, -0.2) is 12.8 Å². The molecule has 0 aliphatic rings. The van der Waals surface area contributed by atoms with Gasteiger partial charge in [0, 0.05) is 5.69 Å². The molecule has 1 N–H and O–H groups in total. The van der Waals surface area contributed by atoms with Gasteiger partial charge in [-0.1, -0.05) is 12.1 Å². The zero-order valence-corrected chi connectivity index (χ0v) is 14.9. The third kappa shape index (κ3) is 4.48. The number of carbonyl (C=O) groups excluding carboxylic acids is 1. The minimum atomic E-state index is -3.88. The zero-order chi connectivity index (χ0) is 18.6. The number of benzene rings is 2. The van der Waals surface area contributed by atoms with E-state index in [1.54, 1.807) is 24.3 Å². The van der Waals surface area contributed by atoms with Gasteiger partial charge >= 0.3 is 0 Å². The summed E-state index contributed by atoms with van der Waals surface area (Å²) in [6.07, 6.45) is 0.927. The Hall–Kier alpha value is -2.61. The van der Waals surface area contributed by atoms with E-state index in [0.717, 1.165) is 16.6 Å². The van der Waals surface area contributed by atoms with Crippen LogP contribution in [0.1, 0.15) is 6.92 Å². The highest BCUT2D eigenvalue weighted by molar-refractivity contribution is 7.92. The van der Waals surface area contributed by atoms with Gasteiger partial charge in [0.05, 0.1) is 19.1 Å². The van der Waals surface area contributed by atoms with Crippen molar-refractivity contribution in [3.8, 4) is 5.75 Å². The number of hydrogen-bond donors (Lipinski definition) is 1. The van der Waals surface area contributed by atoms with E-state index >= 15 is 0 Å². The molecular weight excluding hydrogens is 347 g/mol. The molecular formula is C17H19FN2O4S. The second kappa shape index (κ2) is 7.52. The molecule has 1 amide bonds. The van der Waals surface area contributed by atoms with Crippen LogP contribution >= 0.6 is 0 Å². The predicted molar refractivity (Wildman–Crippen MR) is 94.8 cm³/mol. The Morgan fingerprint density at radius 2 is 1.76 bits per heavy atom. The van der Waals surface area contributed by atoms with Crippen LogP contribution in [-0.2, 0) is 14.8 Å². The number of halogens is 1. The summed E-state index contributed by atoms with van der Waals surface area (Å²) in [5.74, 6) is -0.689. The first-order valence-corrected chi connectivity index (χ1v) is 9.27. The van der Waals surface area contributed by atoms with Gasteiger partial charge in [0.25, 0.3) is 0 Å². The van der Waals surface area contributed by atoms with Crippen molar-refractivity contribution >= 4 is 27.3 Å². The van der Waals surface area contributed by atoms with Crippen molar-refractivity contribution in [1.82, 2.24) is 0 Å². The number of nitrogens with zero attached hydrogens (tertiary/aromatic N) is 1. The van der Waals surface area contributed by atoms with E-state index < -0.39 is 27.8 Å². The Kier molecular flexibility index (Phi) is 5.63. The minimum absolute atomic E-state index is 0.178. The molecule has 0 bridgehead atoms. The van der Waals surface area contributed by atoms with Crippen LogP contribution in [0.15, 0.2) is 48.5 Å². The lowest BCUT2D eigenvalue weighted by atomic mass is 10.2. The fourth-order valence-corrected chi connectivity index (χ4v) is 3.51. The number of methoxy groups -OCH3 is 1. The maximum Gasteiger partial charge on any atom is 0.247 e. The number of rotatable bonds is 6. The van der Waals surface area contributed by atoms with Crippen LogP contribution in [0, 0.1) is 5.82 Å². The summed E-state index contributed by atoms with van der Waals surface area (Å²) in [4.78, 5) is 12.5. The van der Waals surface area contributed by atoms with Crippen molar-refractivity contribution in [3.05, 3.63) is 54.3 Å². The van der Waals surface area contributed by atoms with E-state index in [-0.39, 0.29) is 5.69 Å². The zero-order valence-electron chi connectivity index (χ0n) is 14.1. The molecule has 0 spiro atoms. The number of anilines is 2. The average Bonchev–Trinajstić information content (AvgIpc) is 2.56. The number of hydrogen-bond acceptors (Lipinski definition) is 4. The average molecular weight is 366 g/mol. The Balaban J connectivity index is 2.28. The van der Waals surface area contributed by atoms with Gasteiger partial charge in [-0.05, 0) is 43.3 Å². The second-order valence-electron chi connectivity index (χ2n) is 5.40. The van der Waals surface area contributed by atoms with Crippen molar-refractivity contribution in [2.75, 3.05) is 23.0 Å². The standard InChI is InChI=1S/C17H19FN2O4S/c1-12(17(21)19-13-8-10-14(24-2)11-9-13)20(25(3,22)23)16-7-5-4-6-15(16)18/h4-12H,1-3H3,(H,19,21)/t12-/m0/s1. The Bertz CT molecular complexity index is 853. The van der Waals surface area contributed by atoms with E-state index in [9.17, 15) is 17.6 Å². The maximum absolute atomic E-state index is 14.1. The van der Waals surface area contributed by atoms with Crippen molar-refractivity contribution < 1.29 is 22.3 Å². The van der Waals surface area contributed by atoms with Gasteiger partial charge in [-0.15, -0.1) is 0 Å². The third-order valence-electron chi connectivity index (χ3n) is 3.54. The van der Waals surface area contributed by atoms with E-state index in [0.29, 0.717) is 11.4 Å². The van der Waals surface area contributed by atoms with Crippen molar-refractivity contribution in [2.45, 2.75) is 13.0 Å². The summed E-state index contributed by atoms with van der Waals surface area (Å²) in [5.41, 5.74) is 0.294. The van der Waals surface area contributed by atoms with Gasteiger partial charge in [-0.2, -0.15) is 0 Å². The monoisotopic (exact) mass is 366 g/mol. The molecule has 2 aromatic carbocycles. The SMILES string of the molecule is COc1ccc(NC(=O)[C@H](C)N(c2ccccc2F)S(C)(=O)=O)cc1. The second-order valence-corrected chi connectivity index (χ2v) is 7.26. The van der Waals surface area contributed by atoms with Crippen LogP contribution in [0.4, 0.5) is 15.8 Å². The molecule has 0 radical (unpaired) electrons. The lowest BCUT2D eigenvalue weighted by molar-refractivity contribution is -0.116. The molecule has 0 saturated heterocycles. The van der Waals surface area contributed by atoms with Crippen molar-refractivity contribution in [3.63, 3.8) is 0 Å².